The van der Waals surface area contributed by atoms with Gasteiger partial charge in [-0.1, -0.05) is 46.3 Å². The molecule has 0 radical (unpaired) electrons. The molecular formula is C27H24BrN5O4. The van der Waals surface area contributed by atoms with Crippen LogP contribution in [0.2, 0.25) is 0 Å². The van der Waals surface area contributed by atoms with Crippen LogP contribution in [0, 0.1) is 0 Å². The third-order valence-electron chi connectivity index (χ3n) is 5.33. The van der Waals surface area contributed by atoms with Crippen molar-refractivity contribution in [2.75, 3.05) is 20.8 Å². The number of hydrogen-bond donors (Lipinski definition) is 2. The molecular weight excluding hydrogens is 538 g/mol. The Kier molecular flexibility index (Phi) is 8.32. The highest BCUT2D eigenvalue weighted by Crippen LogP contribution is 2.27. The lowest BCUT2D eigenvalue weighted by molar-refractivity contribution is -0.120. The third-order valence-corrected chi connectivity index (χ3v) is 5.86. The molecule has 9 nitrogen and oxygen atoms in total. The molecule has 0 spiro atoms. The second-order valence-corrected chi connectivity index (χ2v) is 8.68. The summed E-state index contributed by atoms with van der Waals surface area (Å²) in [6.07, 6.45) is 3.36. The SMILES string of the molecule is COc1ccc(C(=O)NCC(=O)N/N=C/c2cn(-c3ccccc3)nc2-c2ccc(Br)cc2)cc1OC. The molecule has 3 aromatic carbocycles. The fraction of sp³-hybridized carbons (Fsp3) is 0.111. The van der Waals surface area contributed by atoms with Crippen LogP contribution in [0.1, 0.15) is 15.9 Å². The maximum Gasteiger partial charge on any atom is 0.259 e. The van der Waals surface area contributed by atoms with Gasteiger partial charge in [0.2, 0.25) is 0 Å². The Morgan fingerprint density at radius 3 is 2.43 bits per heavy atom. The van der Waals surface area contributed by atoms with Crippen LogP contribution in [0.4, 0.5) is 0 Å². The molecule has 0 unspecified atom stereocenters. The van der Waals surface area contributed by atoms with Crippen molar-refractivity contribution in [2.45, 2.75) is 0 Å². The number of rotatable bonds is 9. The molecule has 0 aliphatic rings. The first-order chi connectivity index (χ1) is 18.0. The molecule has 2 amide bonds. The summed E-state index contributed by atoms with van der Waals surface area (Å²) in [5, 5.41) is 11.4. The molecule has 0 aliphatic heterocycles. The maximum atomic E-state index is 12.4. The van der Waals surface area contributed by atoms with E-state index in [0.717, 1.165) is 15.7 Å². The summed E-state index contributed by atoms with van der Waals surface area (Å²) >= 11 is 3.45. The normalized spacial score (nSPS) is 10.8. The van der Waals surface area contributed by atoms with Crippen molar-refractivity contribution in [3.63, 3.8) is 0 Å². The van der Waals surface area contributed by atoms with Crippen LogP contribution in [-0.4, -0.2) is 48.6 Å². The van der Waals surface area contributed by atoms with Crippen molar-refractivity contribution in [1.82, 2.24) is 20.5 Å². The zero-order valence-electron chi connectivity index (χ0n) is 20.1. The average Bonchev–Trinajstić information content (AvgIpc) is 3.36. The van der Waals surface area contributed by atoms with Crippen molar-refractivity contribution in [2.24, 2.45) is 5.10 Å². The van der Waals surface area contributed by atoms with Crippen LogP contribution in [0.25, 0.3) is 16.9 Å². The number of nitrogens with zero attached hydrogens (tertiary/aromatic N) is 3. The van der Waals surface area contributed by atoms with Gasteiger partial charge in [-0.05, 0) is 42.5 Å². The highest BCUT2D eigenvalue weighted by atomic mass is 79.9. The number of methoxy groups -OCH3 is 2. The molecule has 0 bridgehead atoms. The number of halogens is 1. The number of ether oxygens (including phenoxy) is 2. The number of aromatic nitrogens is 2. The first kappa shape index (κ1) is 25.6. The van der Waals surface area contributed by atoms with E-state index in [2.05, 4.69) is 31.8 Å². The monoisotopic (exact) mass is 561 g/mol. The number of benzene rings is 3. The number of hydrazone groups is 1. The number of carbonyl (C=O) groups excluding carboxylic acids is 2. The molecule has 1 heterocycles. The fourth-order valence-corrected chi connectivity index (χ4v) is 3.74. The van der Waals surface area contributed by atoms with Crippen LogP contribution in [0.15, 0.2) is 88.6 Å². The summed E-state index contributed by atoms with van der Waals surface area (Å²) in [5.74, 6) is 0.0125. The van der Waals surface area contributed by atoms with E-state index in [1.807, 2.05) is 60.8 Å². The third kappa shape index (κ3) is 6.42. The summed E-state index contributed by atoms with van der Waals surface area (Å²) in [6.45, 7) is -0.257. The first-order valence-electron chi connectivity index (χ1n) is 11.2. The van der Waals surface area contributed by atoms with E-state index in [0.29, 0.717) is 28.3 Å². The van der Waals surface area contributed by atoms with Gasteiger partial charge >= 0.3 is 0 Å². The number of amides is 2. The lowest BCUT2D eigenvalue weighted by Gasteiger charge is -2.09. The second kappa shape index (κ2) is 12.0. The molecule has 1 aromatic heterocycles. The minimum Gasteiger partial charge on any atom is -0.493 e. The van der Waals surface area contributed by atoms with E-state index in [4.69, 9.17) is 14.6 Å². The summed E-state index contributed by atoms with van der Waals surface area (Å²) in [4.78, 5) is 24.7. The quantitative estimate of drug-likeness (QED) is 0.235. The lowest BCUT2D eigenvalue weighted by atomic mass is 10.1. The van der Waals surface area contributed by atoms with Crippen molar-refractivity contribution in [3.05, 3.63) is 94.6 Å². The van der Waals surface area contributed by atoms with Gasteiger partial charge in [-0.3, -0.25) is 9.59 Å². The van der Waals surface area contributed by atoms with Gasteiger partial charge in [-0.25, -0.2) is 10.1 Å². The minimum absolute atomic E-state index is 0.257. The van der Waals surface area contributed by atoms with Crippen LogP contribution in [0.5, 0.6) is 11.5 Å². The number of hydrogen-bond acceptors (Lipinski definition) is 6. The first-order valence-corrected chi connectivity index (χ1v) is 12.0. The Morgan fingerprint density at radius 2 is 1.73 bits per heavy atom. The molecule has 10 heteroatoms. The van der Waals surface area contributed by atoms with Gasteiger partial charge in [0.15, 0.2) is 11.5 Å². The zero-order chi connectivity index (χ0) is 26.2. The number of nitrogens with one attached hydrogen (secondary N) is 2. The van der Waals surface area contributed by atoms with E-state index < -0.39 is 11.8 Å². The van der Waals surface area contributed by atoms with Gasteiger partial charge in [-0.2, -0.15) is 10.2 Å². The highest BCUT2D eigenvalue weighted by Gasteiger charge is 2.13. The molecule has 2 N–H and O–H groups in total. The Labute approximate surface area is 222 Å². The van der Waals surface area contributed by atoms with Gasteiger partial charge in [0, 0.05) is 27.4 Å². The molecule has 188 valence electrons. The largest absolute Gasteiger partial charge is 0.493 e. The van der Waals surface area contributed by atoms with Crippen LogP contribution >= 0.6 is 15.9 Å². The van der Waals surface area contributed by atoms with Crippen molar-refractivity contribution < 1.29 is 19.1 Å². The predicted octanol–water partition coefficient (Wildman–Crippen LogP) is 4.20. The van der Waals surface area contributed by atoms with E-state index in [-0.39, 0.29) is 6.54 Å². The molecule has 0 aliphatic carbocycles. The maximum absolute atomic E-state index is 12.4. The predicted molar refractivity (Wildman–Crippen MR) is 144 cm³/mol. The Hall–Kier alpha value is -4.44. The Morgan fingerprint density at radius 1 is 1.00 bits per heavy atom. The molecule has 0 saturated carbocycles. The van der Waals surface area contributed by atoms with Crippen molar-refractivity contribution in [3.8, 4) is 28.4 Å². The van der Waals surface area contributed by atoms with Gasteiger partial charge in [0.1, 0.15) is 5.69 Å². The second-order valence-electron chi connectivity index (χ2n) is 7.77. The summed E-state index contributed by atoms with van der Waals surface area (Å²) in [7, 11) is 2.99. The van der Waals surface area contributed by atoms with Gasteiger partial charge in [0.05, 0.1) is 32.7 Å². The lowest BCUT2D eigenvalue weighted by Crippen LogP contribution is -2.34. The van der Waals surface area contributed by atoms with Gasteiger partial charge in [-0.15, -0.1) is 0 Å². The van der Waals surface area contributed by atoms with Crippen molar-refractivity contribution >= 4 is 34.0 Å². The van der Waals surface area contributed by atoms with Gasteiger partial charge in [0.25, 0.3) is 11.8 Å². The average molecular weight is 562 g/mol. The molecule has 0 fully saturated rings. The molecule has 37 heavy (non-hydrogen) atoms. The smallest absolute Gasteiger partial charge is 0.259 e. The topological polar surface area (TPSA) is 107 Å². The van der Waals surface area contributed by atoms with Crippen LogP contribution < -0.4 is 20.2 Å². The minimum atomic E-state index is -0.481. The van der Waals surface area contributed by atoms with Crippen LogP contribution in [-0.2, 0) is 4.79 Å². The number of para-hydroxylation sites is 1. The summed E-state index contributed by atoms with van der Waals surface area (Å²) < 4.78 is 13.1. The molecule has 4 aromatic rings. The summed E-state index contributed by atoms with van der Waals surface area (Å²) in [5.41, 5.74) is 5.98. The van der Waals surface area contributed by atoms with Gasteiger partial charge < -0.3 is 14.8 Å². The summed E-state index contributed by atoms with van der Waals surface area (Å²) in [6, 6.07) is 22.2. The molecule has 0 atom stereocenters. The van der Waals surface area contributed by atoms with E-state index in [1.165, 1.54) is 26.5 Å². The fourth-order valence-electron chi connectivity index (χ4n) is 3.48. The van der Waals surface area contributed by atoms with E-state index >= 15 is 0 Å². The molecule has 0 saturated heterocycles. The van der Waals surface area contributed by atoms with E-state index in [9.17, 15) is 9.59 Å². The Bertz CT molecular complexity index is 1420. The Balaban J connectivity index is 1.43. The zero-order valence-corrected chi connectivity index (χ0v) is 21.7. The van der Waals surface area contributed by atoms with Crippen molar-refractivity contribution in [1.29, 1.82) is 0 Å². The number of carbonyl (C=O) groups is 2. The van der Waals surface area contributed by atoms with E-state index in [1.54, 1.807) is 16.8 Å². The van der Waals surface area contributed by atoms with Crippen LogP contribution in [0.3, 0.4) is 0 Å². The molecule has 4 rings (SSSR count). The highest BCUT2D eigenvalue weighted by molar-refractivity contribution is 9.10. The standard InChI is InChI=1S/C27H24BrN5O4/c1-36-23-13-10-19(14-24(23)37-2)27(35)29-16-25(34)31-30-15-20-17-33(22-6-4-3-5-7-22)32-26(20)18-8-11-21(28)12-9-18/h3-15,17H,16H2,1-2H3,(H,29,35)(H,31,34)/b30-15+.